The van der Waals surface area contributed by atoms with E-state index < -0.39 is 23.7 Å². The number of amides is 4. The smallest absolute Gasteiger partial charge is 0.335 e. The molecule has 2 aromatic carbocycles. The number of carbonyl (C=O) groups excluding carboxylic acids is 3. The molecule has 0 unspecified atom stereocenters. The molecule has 32 heavy (non-hydrogen) atoms. The maximum absolute atomic E-state index is 13.2. The van der Waals surface area contributed by atoms with Crippen LogP contribution in [0.3, 0.4) is 0 Å². The predicted molar refractivity (Wildman–Crippen MR) is 118 cm³/mol. The molecule has 2 aromatic rings. The highest BCUT2D eigenvalue weighted by Crippen LogP contribution is 2.30. The van der Waals surface area contributed by atoms with Crippen molar-refractivity contribution in [3.8, 4) is 11.5 Å². The van der Waals surface area contributed by atoms with Crippen molar-refractivity contribution in [1.82, 2.24) is 5.32 Å². The van der Waals surface area contributed by atoms with Gasteiger partial charge in [0.05, 0.1) is 19.4 Å². The van der Waals surface area contributed by atoms with Crippen LogP contribution in [0, 0.1) is 5.82 Å². The zero-order chi connectivity index (χ0) is 23.1. The lowest BCUT2D eigenvalue weighted by atomic mass is 10.1. The first-order valence-electron chi connectivity index (χ1n) is 10.4. The number of halogens is 1. The van der Waals surface area contributed by atoms with Crippen LogP contribution in [0.5, 0.6) is 11.5 Å². The number of hydrogen-bond donors (Lipinski definition) is 1. The first kappa shape index (κ1) is 23.0. The fraction of sp³-hybridized carbons (Fsp3) is 0.292. The summed E-state index contributed by atoms with van der Waals surface area (Å²) in [5, 5.41) is 2.14. The third kappa shape index (κ3) is 5.32. The molecule has 0 spiro atoms. The average molecular weight is 440 g/mol. The van der Waals surface area contributed by atoms with Crippen LogP contribution >= 0.6 is 0 Å². The second-order valence-corrected chi connectivity index (χ2v) is 7.25. The van der Waals surface area contributed by atoms with Crippen LogP contribution in [-0.4, -0.2) is 31.6 Å². The number of anilines is 1. The maximum Gasteiger partial charge on any atom is 0.335 e. The van der Waals surface area contributed by atoms with Crippen molar-refractivity contribution in [3.05, 3.63) is 59.4 Å². The maximum atomic E-state index is 13.2. The zero-order valence-corrected chi connectivity index (χ0v) is 18.0. The van der Waals surface area contributed by atoms with Crippen LogP contribution in [0.2, 0.25) is 0 Å². The van der Waals surface area contributed by atoms with Gasteiger partial charge >= 0.3 is 6.03 Å². The highest BCUT2D eigenvalue weighted by Gasteiger charge is 2.36. The minimum atomic E-state index is -0.895. The molecule has 0 saturated carbocycles. The molecule has 1 aliphatic heterocycles. The van der Waals surface area contributed by atoms with E-state index in [1.54, 1.807) is 18.2 Å². The van der Waals surface area contributed by atoms with E-state index in [-0.39, 0.29) is 11.3 Å². The van der Waals surface area contributed by atoms with Gasteiger partial charge in [0.25, 0.3) is 11.8 Å². The summed E-state index contributed by atoms with van der Waals surface area (Å²) in [6.45, 7) is 2.70. The Balaban J connectivity index is 1.82. The quantitative estimate of drug-likeness (QED) is 0.354. The molecule has 0 aliphatic carbocycles. The Morgan fingerprint density at radius 3 is 2.44 bits per heavy atom. The summed E-state index contributed by atoms with van der Waals surface area (Å²) in [6, 6.07) is 8.98. The monoisotopic (exact) mass is 440 g/mol. The molecule has 1 aliphatic rings. The molecule has 1 saturated heterocycles. The lowest BCUT2D eigenvalue weighted by Gasteiger charge is -2.26. The number of ether oxygens (including phenoxy) is 2. The number of carbonyl (C=O) groups is 3. The van der Waals surface area contributed by atoms with Crippen LogP contribution in [0.1, 0.15) is 38.2 Å². The van der Waals surface area contributed by atoms with Gasteiger partial charge in [0.2, 0.25) is 0 Å². The van der Waals surface area contributed by atoms with Gasteiger partial charge in [-0.05, 0) is 54.5 Å². The summed E-state index contributed by atoms with van der Waals surface area (Å²) < 4.78 is 24.4. The molecule has 0 bridgehead atoms. The Morgan fingerprint density at radius 2 is 1.75 bits per heavy atom. The van der Waals surface area contributed by atoms with E-state index in [1.165, 1.54) is 25.3 Å². The number of methoxy groups -OCH3 is 1. The minimum Gasteiger partial charge on any atom is -0.493 e. The third-order valence-electron chi connectivity index (χ3n) is 4.94. The van der Waals surface area contributed by atoms with Gasteiger partial charge in [-0.15, -0.1) is 0 Å². The van der Waals surface area contributed by atoms with Crippen molar-refractivity contribution in [1.29, 1.82) is 0 Å². The fourth-order valence-corrected chi connectivity index (χ4v) is 3.25. The number of barbiturate groups is 1. The average Bonchev–Trinajstić information content (AvgIpc) is 2.78. The summed E-state index contributed by atoms with van der Waals surface area (Å²) in [4.78, 5) is 38.3. The predicted octanol–water partition coefficient (Wildman–Crippen LogP) is 4.46. The summed E-state index contributed by atoms with van der Waals surface area (Å²) >= 11 is 0. The Hall–Kier alpha value is -3.68. The molecule has 7 nitrogen and oxygen atoms in total. The molecule has 3 rings (SSSR count). The van der Waals surface area contributed by atoms with Crippen molar-refractivity contribution in [2.24, 2.45) is 0 Å². The van der Waals surface area contributed by atoms with Gasteiger partial charge < -0.3 is 9.47 Å². The van der Waals surface area contributed by atoms with E-state index in [9.17, 15) is 18.8 Å². The zero-order valence-electron chi connectivity index (χ0n) is 18.0. The first-order chi connectivity index (χ1) is 15.4. The van der Waals surface area contributed by atoms with Gasteiger partial charge in [-0.1, -0.05) is 32.3 Å². The molecular weight excluding hydrogens is 415 g/mol. The number of nitrogens with zero attached hydrogens (tertiary/aromatic N) is 1. The summed E-state index contributed by atoms with van der Waals surface area (Å²) in [5.74, 6) is -1.10. The van der Waals surface area contributed by atoms with Crippen molar-refractivity contribution in [2.45, 2.75) is 32.6 Å². The molecule has 0 aromatic heterocycles. The number of nitrogens with one attached hydrogen (secondary N) is 1. The second kappa shape index (κ2) is 10.6. The van der Waals surface area contributed by atoms with Crippen molar-refractivity contribution >= 4 is 29.6 Å². The SMILES string of the molecule is CCCCCCOc1ccc(/C=C2\C(=O)NC(=O)N(c3ccc(F)cc3)C2=O)cc1OC. The molecule has 168 valence electrons. The van der Waals surface area contributed by atoms with Crippen LogP contribution in [0.25, 0.3) is 6.08 Å². The van der Waals surface area contributed by atoms with Crippen molar-refractivity contribution in [3.63, 3.8) is 0 Å². The molecule has 4 amide bonds. The van der Waals surface area contributed by atoms with E-state index in [2.05, 4.69) is 12.2 Å². The number of unbranched alkanes of at least 4 members (excludes halogenated alkanes) is 3. The van der Waals surface area contributed by atoms with Gasteiger partial charge in [0, 0.05) is 0 Å². The Kier molecular flexibility index (Phi) is 7.59. The lowest BCUT2D eigenvalue weighted by Crippen LogP contribution is -2.54. The summed E-state index contributed by atoms with van der Waals surface area (Å²) in [7, 11) is 1.50. The minimum absolute atomic E-state index is 0.150. The molecule has 1 N–H and O–H groups in total. The van der Waals surface area contributed by atoms with E-state index >= 15 is 0 Å². The van der Waals surface area contributed by atoms with Crippen LogP contribution in [0.15, 0.2) is 48.0 Å². The second-order valence-electron chi connectivity index (χ2n) is 7.25. The summed E-state index contributed by atoms with van der Waals surface area (Å²) in [5.41, 5.74) is 0.438. The van der Waals surface area contributed by atoms with Gasteiger partial charge in [-0.2, -0.15) is 0 Å². The molecule has 1 fully saturated rings. The Labute approximate surface area is 185 Å². The molecule has 0 radical (unpaired) electrons. The number of urea groups is 1. The van der Waals surface area contributed by atoms with Crippen LogP contribution in [-0.2, 0) is 9.59 Å². The van der Waals surface area contributed by atoms with Gasteiger partial charge in [-0.25, -0.2) is 14.1 Å². The van der Waals surface area contributed by atoms with E-state index in [0.29, 0.717) is 23.7 Å². The normalized spacial score (nSPS) is 15.2. The highest BCUT2D eigenvalue weighted by molar-refractivity contribution is 6.39. The standard InChI is InChI=1S/C24H25FN2O5/c1-3-4-5-6-13-32-20-12-7-16(15-21(20)31-2)14-19-22(28)26-24(30)27(23(19)29)18-10-8-17(25)9-11-18/h7-12,14-15H,3-6,13H2,1-2H3,(H,26,28,30)/b19-14+. The van der Waals surface area contributed by atoms with Crippen LogP contribution < -0.4 is 19.7 Å². The Bertz CT molecular complexity index is 1030. The van der Waals surface area contributed by atoms with E-state index in [4.69, 9.17) is 9.47 Å². The first-order valence-corrected chi connectivity index (χ1v) is 10.4. The summed E-state index contributed by atoms with van der Waals surface area (Å²) in [6.07, 6.45) is 5.69. The third-order valence-corrected chi connectivity index (χ3v) is 4.94. The van der Waals surface area contributed by atoms with E-state index in [1.807, 2.05) is 0 Å². The Morgan fingerprint density at radius 1 is 1.00 bits per heavy atom. The van der Waals surface area contributed by atoms with Crippen LogP contribution in [0.4, 0.5) is 14.9 Å². The fourth-order valence-electron chi connectivity index (χ4n) is 3.25. The number of imide groups is 2. The van der Waals surface area contributed by atoms with E-state index in [0.717, 1.165) is 42.7 Å². The molecular formula is C24H25FN2O5. The number of rotatable bonds is 9. The molecule has 1 heterocycles. The number of hydrogen-bond acceptors (Lipinski definition) is 5. The molecule has 8 heteroatoms. The molecule has 0 atom stereocenters. The van der Waals surface area contributed by atoms with Gasteiger partial charge in [0.15, 0.2) is 11.5 Å². The van der Waals surface area contributed by atoms with Crippen molar-refractivity contribution in [2.75, 3.05) is 18.6 Å². The van der Waals surface area contributed by atoms with Gasteiger partial charge in [-0.3, -0.25) is 14.9 Å². The largest absolute Gasteiger partial charge is 0.493 e. The van der Waals surface area contributed by atoms with Crippen molar-refractivity contribution < 1.29 is 28.2 Å². The lowest BCUT2D eigenvalue weighted by molar-refractivity contribution is -0.122. The topological polar surface area (TPSA) is 84.9 Å². The highest BCUT2D eigenvalue weighted by atomic mass is 19.1. The van der Waals surface area contributed by atoms with Gasteiger partial charge in [0.1, 0.15) is 11.4 Å². The number of benzene rings is 2.